The van der Waals surface area contributed by atoms with Gasteiger partial charge in [0.25, 0.3) is 0 Å². The topological polar surface area (TPSA) is 32.3 Å². The van der Waals surface area contributed by atoms with E-state index in [9.17, 15) is 5.11 Å². The zero-order chi connectivity index (χ0) is 14.4. The summed E-state index contributed by atoms with van der Waals surface area (Å²) in [6.07, 6.45) is 4.77. The summed E-state index contributed by atoms with van der Waals surface area (Å²) in [5.41, 5.74) is 2.75. The molecular formula is C17H27NOS. The third kappa shape index (κ3) is 5.12. The van der Waals surface area contributed by atoms with Crippen molar-refractivity contribution in [1.29, 1.82) is 0 Å². The van der Waals surface area contributed by atoms with Gasteiger partial charge in [-0.1, -0.05) is 24.3 Å². The zero-order valence-electron chi connectivity index (χ0n) is 12.7. The summed E-state index contributed by atoms with van der Waals surface area (Å²) in [7, 11) is 0. The Balaban J connectivity index is 1.64. The molecule has 1 atom stereocenters. The van der Waals surface area contributed by atoms with Crippen LogP contribution >= 0.6 is 11.8 Å². The molecule has 1 saturated carbocycles. The maximum atomic E-state index is 9.56. The minimum Gasteiger partial charge on any atom is -0.394 e. The van der Waals surface area contributed by atoms with Crippen molar-refractivity contribution in [2.24, 2.45) is 0 Å². The van der Waals surface area contributed by atoms with Gasteiger partial charge in [-0.15, -0.1) is 0 Å². The molecule has 2 nitrogen and oxygen atoms in total. The Bertz CT molecular complexity index is 419. The molecule has 0 aliphatic heterocycles. The number of aryl methyl sites for hydroxylation is 1. The molecule has 0 radical (unpaired) electrons. The zero-order valence-corrected chi connectivity index (χ0v) is 13.5. The van der Waals surface area contributed by atoms with Gasteiger partial charge >= 0.3 is 0 Å². The fourth-order valence-corrected chi connectivity index (χ4v) is 3.47. The monoisotopic (exact) mass is 293 g/mol. The van der Waals surface area contributed by atoms with E-state index < -0.39 is 0 Å². The van der Waals surface area contributed by atoms with Gasteiger partial charge in [-0.2, -0.15) is 11.8 Å². The molecule has 1 aromatic rings. The smallest absolute Gasteiger partial charge is 0.0610 e. The van der Waals surface area contributed by atoms with Crippen molar-refractivity contribution in [3.63, 3.8) is 0 Å². The highest BCUT2D eigenvalue weighted by Gasteiger charge is 2.31. The Kier molecular flexibility index (Phi) is 5.94. The molecule has 1 aliphatic rings. The summed E-state index contributed by atoms with van der Waals surface area (Å²) in [5, 5.41) is 13.1. The number of aliphatic hydroxyl groups is 1. The highest BCUT2D eigenvalue weighted by molar-refractivity contribution is 7.98. The van der Waals surface area contributed by atoms with Crippen molar-refractivity contribution in [3.05, 3.63) is 35.4 Å². The van der Waals surface area contributed by atoms with E-state index >= 15 is 0 Å². The van der Waals surface area contributed by atoms with Crippen molar-refractivity contribution in [2.45, 2.75) is 56.9 Å². The number of benzene rings is 1. The Hall–Kier alpha value is -0.510. The highest BCUT2D eigenvalue weighted by Crippen LogP contribution is 2.25. The van der Waals surface area contributed by atoms with Crippen LogP contribution in [0.25, 0.3) is 0 Å². The molecule has 2 rings (SSSR count). The summed E-state index contributed by atoms with van der Waals surface area (Å²) in [4.78, 5) is 0. The molecule has 1 unspecified atom stereocenters. The van der Waals surface area contributed by atoms with Gasteiger partial charge in [0.1, 0.15) is 0 Å². The first-order valence-corrected chi connectivity index (χ1v) is 8.79. The Labute approximate surface area is 127 Å². The van der Waals surface area contributed by atoms with E-state index in [0.717, 1.165) is 24.3 Å². The number of rotatable bonds is 9. The molecule has 0 saturated heterocycles. The lowest BCUT2D eigenvalue weighted by Gasteiger charge is -2.29. The van der Waals surface area contributed by atoms with Gasteiger partial charge in [-0.05, 0) is 56.4 Å². The van der Waals surface area contributed by atoms with Crippen LogP contribution in [0.1, 0.15) is 43.7 Å². The third-order valence-corrected chi connectivity index (χ3v) is 5.11. The van der Waals surface area contributed by atoms with E-state index in [2.05, 4.69) is 43.4 Å². The first-order valence-electron chi connectivity index (χ1n) is 7.64. The molecule has 0 bridgehead atoms. The fraction of sp³-hybridized carbons (Fsp3) is 0.647. The minimum absolute atomic E-state index is 0.0790. The highest BCUT2D eigenvalue weighted by atomic mass is 32.2. The lowest BCUT2D eigenvalue weighted by Crippen LogP contribution is -2.46. The van der Waals surface area contributed by atoms with Crippen molar-refractivity contribution < 1.29 is 5.11 Å². The van der Waals surface area contributed by atoms with Crippen LogP contribution in [-0.4, -0.2) is 29.0 Å². The number of aliphatic hydroxyl groups excluding tert-OH is 1. The van der Waals surface area contributed by atoms with Crippen LogP contribution in [0.3, 0.4) is 0 Å². The molecule has 1 aromatic carbocycles. The predicted molar refractivity (Wildman–Crippen MR) is 88.2 cm³/mol. The molecule has 1 aliphatic carbocycles. The van der Waals surface area contributed by atoms with Gasteiger partial charge in [-0.25, -0.2) is 0 Å². The number of nitrogens with one attached hydrogen (secondary N) is 1. The normalized spacial score (nSPS) is 17.9. The standard InChI is InChI=1S/C17H27NOS/c1-14-6-3-4-7-15(14)12-20-11-5-10-17(2,13-19)18-16-8-9-16/h3-4,6-7,16,18-19H,5,8-13H2,1-2H3. The molecule has 20 heavy (non-hydrogen) atoms. The van der Waals surface area contributed by atoms with E-state index in [4.69, 9.17) is 0 Å². The molecule has 0 heterocycles. The van der Waals surface area contributed by atoms with Gasteiger partial charge in [0.2, 0.25) is 0 Å². The predicted octanol–water partition coefficient (Wildman–Crippen LogP) is 3.51. The summed E-state index contributed by atoms with van der Waals surface area (Å²) in [6.45, 7) is 4.57. The van der Waals surface area contributed by atoms with Crippen LogP contribution < -0.4 is 5.32 Å². The molecule has 3 heteroatoms. The maximum absolute atomic E-state index is 9.56. The largest absolute Gasteiger partial charge is 0.394 e. The number of thioether (sulfide) groups is 1. The Morgan fingerprint density at radius 2 is 2.10 bits per heavy atom. The summed E-state index contributed by atoms with van der Waals surface area (Å²) in [6, 6.07) is 9.27. The van der Waals surface area contributed by atoms with Crippen molar-refractivity contribution in [1.82, 2.24) is 5.32 Å². The third-order valence-electron chi connectivity index (χ3n) is 4.01. The lowest BCUT2D eigenvalue weighted by molar-refractivity contribution is 0.163. The van der Waals surface area contributed by atoms with Crippen LogP contribution in [0.15, 0.2) is 24.3 Å². The van der Waals surface area contributed by atoms with Crippen LogP contribution in [0.5, 0.6) is 0 Å². The average molecular weight is 293 g/mol. The second-order valence-electron chi connectivity index (χ2n) is 6.22. The van der Waals surface area contributed by atoms with Crippen molar-refractivity contribution in [2.75, 3.05) is 12.4 Å². The van der Waals surface area contributed by atoms with Crippen LogP contribution in [0.4, 0.5) is 0 Å². The molecule has 112 valence electrons. The minimum atomic E-state index is -0.0790. The van der Waals surface area contributed by atoms with Crippen molar-refractivity contribution in [3.8, 4) is 0 Å². The lowest BCUT2D eigenvalue weighted by atomic mass is 9.97. The maximum Gasteiger partial charge on any atom is 0.0610 e. The van der Waals surface area contributed by atoms with Gasteiger partial charge in [0.05, 0.1) is 6.61 Å². The average Bonchev–Trinajstić information content (AvgIpc) is 3.24. The summed E-state index contributed by atoms with van der Waals surface area (Å²) >= 11 is 2.00. The molecule has 0 spiro atoms. The van der Waals surface area contributed by atoms with E-state index in [-0.39, 0.29) is 12.1 Å². The quantitative estimate of drug-likeness (QED) is 0.683. The second kappa shape index (κ2) is 7.48. The van der Waals surface area contributed by atoms with E-state index in [1.165, 1.54) is 24.0 Å². The van der Waals surface area contributed by atoms with Gasteiger partial charge in [0.15, 0.2) is 0 Å². The van der Waals surface area contributed by atoms with E-state index in [1.54, 1.807) is 0 Å². The fourth-order valence-electron chi connectivity index (χ4n) is 2.44. The molecule has 0 amide bonds. The SMILES string of the molecule is Cc1ccccc1CSCCCC(C)(CO)NC1CC1. The first-order chi connectivity index (χ1) is 9.63. The van der Waals surface area contributed by atoms with Gasteiger partial charge in [0, 0.05) is 17.3 Å². The van der Waals surface area contributed by atoms with E-state index in [1.807, 2.05) is 11.8 Å². The van der Waals surface area contributed by atoms with Gasteiger partial charge < -0.3 is 10.4 Å². The molecular weight excluding hydrogens is 266 g/mol. The van der Waals surface area contributed by atoms with Gasteiger partial charge in [-0.3, -0.25) is 0 Å². The molecule has 0 aromatic heterocycles. The molecule has 1 fully saturated rings. The number of hydrogen-bond donors (Lipinski definition) is 2. The first kappa shape index (κ1) is 15.9. The second-order valence-corrected chi connectivity index (χ2v) is 7.33. The Morgan fingerprint density at radius 1 is 1.35 bits per heavy atom. The number of hydrogen-bond acceptors (Lipinski definition) is 3. The molecule has 2 N–H and O–H groups in total. The Morgan fingerprint density at radius 3 is 2.75 bits per heavy atom. The van der Waals surface area contributed by atoms with Crippen LogP contribution in [0.2, 0.25) is 0 Å². The summed E-state index contributed by atoms with van der Waals surface area (Å²) < 4.78 is 0. The van der Waals surface area contributed by atoms with Crippen LogP contribution in [-0.2, 0) is 5.75 Å². The summed E-state index contributed by atoms with van der Waals surface area (Å²) in [5.74, 6) is 2.26. The van der Waals surface area contributed by atoms with E-state index in [0.29, 0.717) is 6.04 Å². The van der Waals surface area contributed by atoms with Crippen molar-refractivity contribution >= 4 is 11.8 Å². The van der Waals surface area contributed by atoms with Crippen LogP contribution in [0, 0.1) is 6.92 Å².